The molecule has 1 aromatic carbocycles. The summed E-state index contributed by atoms with van der Waals surface area (Å²) < 4.78 is 24.6. The fourth-order valence-electron chi connectivity index (χ4n) is 2.33. The van der Waals surface area contributed by atoms with Crippen LogP contribution in [0.4, 0.5) is 5.82 Å². The first-order valence-electron chi connectivity index (χ1n) is 6.15. The van der Waals surface area contributed by atoms with Gasteiger partial charge in [0.05, 0.1) is 16.3 Å². The number of nitrogens with zero attached hydrogens (tertiary/aromatic N) is 1. The minimum Gasteiger partial charge on any atom is -0.366 e. The molecule has 3 rings (SSSR count). The van der Waals surface area contributed by atoms with Crippen LogP contribution < -0.4 is 5.32 Å². The molecule has 2 heterocycles. The standard InChI is InChI=1S/C13H15N3O2S/c1-8(2)14-13-10-7-19(17,18)11-6-4-3-5-9(11)12(10)15-16-13/h3-6,8H,7H2,1-2H3,(H2,14,15,16). The first-order chi connectivity index (χ1) is 8.99. The third-order valence-corrected chi connectivity index (χ3v) is 4.81. The van der Waals surface area contributed by atoms with E-state index in [0.29, 0.717) is 16.3 Å². The number of aromatic nitrogens is 2. The Labute approximate surface area is 112 Å². The van der Waals surface area contributed by atoms with Gasteiger partial charge >= 0.3 is 0 Å². The average Bonchev–Trinajstić information content (AvgIpc) is 2.71. The maximum absolute atomic E-state index is 12.3. The van der Waals surface area contributed by atoms with E-state index in [1.165, 1.54) is 0 Å². The minimum atomic E-state index is -3.28. The zero-order chi connectivity index (χ0) is 13.6. The van der Waals surface area contributed by atoms with E-state index in [2.05, 4.69) is 15.5 Å². The predicted octanol–water partition coefficient (Wildman–Crippen LogP) is 2.18. The summed E-state index contributed by atoms with van der Waals surface area (Å²) >= 11 is 0. The second kappa shape index (κ2) is 4.09. The molecule has 0 fully saturated rings. The van der Waals surface area contributed by atoms with Crippen LogP contribution in [0.25, 0.3) is 11.3 Å². The Morgan fingerprint density at radius 1 is 1.32 bits per heavy atom. The second-order valence-electron chi connectivity index (χ2n) is 4.98. The van der Waals surface area contributed by atoms with Gasteiger partial charge in [0.2, 0.25) is 0 Å². The van der Waals surface area contributed by atoms with Gasteiger partial charge in [-0.3, -0.25) is 5.10 Å². The maximum Gasteiger partial charge on any atom is 0.183 e. The van der Waals surface area contributed by atoms with Crippen LogP contribution in [0.15, 0.2) is 29.2 Å². The van der Waals surface area contributed by atoms with Crippen molar-refractivity contribution in [3.63, 3.8) is 0 Å². The third-order valence-electron chi connectivity index (χ3n) is 3.12. The topological polar surface area (TPSA) is 74.8 Å². The first kappa shape index (κ1) is 12.2. The van der Waals surface area contributed by atoms with E-state index in [-0.39, 0.29) is 11.8 Å². The van der Waals surface area contributed by atoms with Crippen LogP contribution in [0.2, 0.25) is 0 Å². The van der Waals surface area contributed by atoms with E-state index in [9.17, 15) is 8.42 Å². The smallest absolute Gasteiger partial charge is 0.183 e. The van der Waals surface area contributed by atoms with Gasteiger partial charge in [0.1, 0.15) is 0 Å². The highest BCUT2D eigenvalue weighted by atomic mass is 32.2. The highest BCUT2D eigenvalue weighted by Gasteiger charge is 2.31. The number of H-pyrrole nitrogens is 1. The summed E-state index contributed by atoms with van der Waals surface area (Å²) in [5.74, 6) is 0.619. The SMILES string of the molecule is CC(C)Nc1n[nH]c2c1CS(=O)(=O)c1ccccc1-2. The molecule has 0 saturated heterocycles. The highest BCUT2D eigenvalue weighted by Crippen LogP contribution is 2.39. The lowest BCUT2D eigenvalue weighted by Crippen LogP contribution is -2.16. The molecule has 5 nitrogen and oxygen atoms in total. The van der Waals surface area contributed by atoms with E-state index < -0.39 is 9.84 Å². The van der Waals surface area contributed by atoms with Crippen molar-refractivity contribution in [2.75, 3.05) is 5.32 Å². The summed E-state index contributed by atoms with van der Waals surface area (Å²) in [5, 5.41) is 10.3. The summed E-state index contributed by atoms with van der Waals surface area (Å²) in [6.45, 7) is 3.98. The molecule has 2 N–H and O–H groups in total. The van der Waals surface area contributed by atoms with Gasteiger partial charge in [-0.15, -0.1) is 0 Å². The Morgan fingerprint density at radius 3 is 2.79 bits per heavy atom. The van der Waals surface area contributed by atoms with Crippen LogP contribution in [0.5, 0.6) is 0 Å². The van der Waals surface area contributed by atoms with Crippen molar-refractivity contribution in [3.05, 3.63) is 29.8 Å². The van der Waals surface area contributed by atoms with Crippen LogP contribution >= 0.6 is 0 Å². The molecule has 1 aliphatic heterocycles. The normalized spacial score (nSPS) is 15.9. The number of benzene rings is 1. The van der Waals surface area contributed by atoms with Gasteiger partial charge in [0, 0.05) is 17.2 Å². The van der Waals surface area contributed by atoms with Gasteiger partial charge in [-0.25, -0.2) is 8.42 Å². The van der Waals surface area contributed by atoms with Crippen molar-refractivity contribution in [1.82, 2.24) is 10.2 Å². The molecule has 6 heteroatoms. The molecule has 1 aromatic heterocycles. The van der Waals surface area contributed by atoms with Gasteiger partial charge in [-0.05, 0) is 19.9 Å². The van der Waals surface area contributed by atoms with Crippen molar-refractivity contribution in [2.24, 2.45) is 0 Å². The zero-order valence-electron chi connectivity index (χ0n) is 10.8. The molecule has 2 aromatic rings. The lowest BCUT2D eigenvalue weighted by molar-refractivity contribution is 0.594. The Hall–Kier alpha value is -1.82. The maximum atomic E-state index is 12.3. The van der Waals surface area contributed by atoms with Gasteiger partial charge in [-0.2, -0.15) is 5.10 Å². The molecule has 100 valence electrons. The van der Waals surface area contributed by atoms with Gasteiger partial charge in [0.15, 0.2) is 15.7 Å². The third kappa shape index (κ3) is 1.92. The molecule has 0 aliphatic carbocycles. The van der Waals surface area contributed by atoms with Crippen LogP contribution in [-0.4, -0.2) is 24.7 Å². The molecule has 0 unspecified atom stereocenters. The van der Waals surface area contributed by atoms with Crippen molar-refractivity contribution in [2.45, 2.75) is 30.5 Å². The highest BCUT2D eigenvalue weighted by molar-refractivity contribution is 7.90. The lowest BCUT2D eigenvalue weighted by atomic mass is 10.1. The molecule has 0 spiro atoms. The van der Waals surface area contributed by atoms with Gasteiger partial charge < -0.3 is 5.32 Å². The summed E-state index contributed by atoms with van der Waals surface area (Å²) in [5.41, 5.74) is 2.23. The molecular formula is C13H15N3O2S. The molecule has 0 atom stereocenters. The fourth-order valence-corrected chi connectivity index (χ4v) is 3.94. The van der Waals surface area contributed by atoms with E-state index >= 15 is 0 Å². The van der Waals surface area contributed by atoms with Crippen molar-refractivity contribution >= 4 is 15.7 Å². The molecule has 1 aliphatic rings. The quantitative estimate of drug-likeness (QED) is 0.882. The van der Waals surface area contributed by atoms with E-state index in [1.54, 1.807) is 12.1 Å². The Kier molecular flexibility index (Phi) is 2.63. The molecular weight excluding hydrogens is 262 g/mol. The number of anilines is 1. The molecule has 0 radical (unpaired) electrons. The number of aromatic amines is 1. The van der Waals surface area contributed by atoms with Crippen LogP contribution in [0.1, 0.15) is 19.4 Å². The Balaban J connectivity index is 2.22. The summed E-state index contributed by atoms with van der Waals surface area (Å²) in [7, 11) is -3.28. The number of sulfone groups is 1. The largest absolute Gasteiger partial charge is 0.366 e. The number of fused-ring (bicyclic) bond motifs is 3. The Morgan fingerprint density at radius 2 is 2.05 bits per heavy atom. The summed E-state index contributed by atoms with van der Waals surface area (Å²) in [6.07, 6.45) is 0. The minimum absolute atomic E-state index is 0.00903. The fraction of sp³-hybridized carbons (Fsp3) is 0.308. The number of nitrogens with one attached hydrogen (secondary N) is 2. The molecule has 0 bridgehead atoms. The number of hydrogen-bond donors (Lipinski definition) is 2. The van der Waals surface area contributed by atoms with Gasteiger partial charge in [0.25, 0.3) is 0 Å². The first-order valence-corrected chi connectivity index (χ1v) is 7.80. The van der Waals surface area contributed by atoms with Crippen molar-refractivity contribution in [1.29, 1.82) is 0 Å². The second-order valence-corrected chi connectivity index (χ2v) is 6.94. The molecule has 0 saturated carbocycles. The molecule has 19 heavy (non-hydrogen) atoms. The monoisotopic (exact) mass is 277 g/mol. The molecule has 0 amide bonds. The Bertz CT molecular complexity index is 732. The summed E-state index contributed by atoms with van der Waals surface area (Å²) in [4.78, 5) is 0.377. The predicted molar refractivity (Wildman–Crippen MR) is 73.7 cm³/mol. The summed E-state index contributed by atoms with van der Waals surface area (Å²) in [6, 6.07) is 7.23. The van der Waals surface area contributed by atoms with E-state index in [1.807, 2.05) is 26.0 Å². The lowest BCUT2D eigenvalue weighted by Gasteiger charge is -2.17. The number of hydrogen-bond acceptors (Lipinski definition) is 4. The number of rotatable bonds is 2. The zero-order valence-corrected chi connectivity index (χ0v) is 11.6. The van der Waals surface area contributed by atoms with Crippen molar-refractivity contribution < 1.29 is 8.42 Å². The van der Waals surface area contributed by atoms with E-state index in [4.69, 9.17) is 0 Å². The van der Waals surface area contributed by atoms with Crippen LogP contribution in [-0.2, 0) is 15.6 Å². The van der Waals surface area contributed by atoms with E-state index in [0.717, 1.165) is 11.3 Å². The van der Waals surface area contributed by atoms with Crippen LogP contribution in [0, 0.1) is 0 Å². The van der Waals surface area contributed by atoms with Gasteiger partial charge in [-0.1, -0.05) is 18.2 Å². The average molecular weight is 277 g/mol. The van der Waals surface area contributed by atoms with Crippen LogP contribution in [0.3, 0.4) is 0 Å². The van der Waals surface area contributed by atoms with Crippen molar-refractivity contribution in [3.8, 4) is 11.3 Å².